The van der Waals surface area contributed by atoms with Crippen molar-refractivity contribution in [1.29, 1.82) is 0 Å². The minimum Gasteiger partial charge on any atom is -0.482 e. The Labute approximate surface area is 157 Å². The van der Waals surface area contributed by atoms with E-state index in [2.05, 4.69) is 54.3 Å². The molecule has 6 heteroatoms. The van der Waals surface area contributed by atoms with Crippen LogP contribution >= 0.6 is 27.5 Å². The normalized spacial score (nSPS) is 19.8. The van der Waals surface area contributed by atoms with Crippen molar-refractivity contribution in [2.75, 3.05) is 6.61 Å². The molecule has 1 amide bonds. The van der Waals surface area contributed by atoms with Gasteiger partial charge in [0.25, 0.3) is 5.91 Å². The molecule has 0 aliphatic carbocycles. The molecule has 1 aliphatic rings. The van der Waals surface area contributed by atoms with Crippen molar-refractivity contribution in [3.05, 3.63) is 27.2 Å². The lowest BCUT2D eigenvalue weighted by atomic mass is 9.79. The van der Waals surface area contributed by atoms with E-state index >= 15 is 0 Å². The molecule has 0 bridgehead atoms. The Morgan fingerprint density at radius 1 is 1.33 bits per heavy atom. The molecular weight excluding hydrogens is 392 g/mol. The van der Waals surface area contributed by atoms with E-state index in [0.717, 1.165) is 22.9 Å². The molecule has 0 saturated carbocycles. The zero-order valence-corrected chi connectivity index (χ0v) is 17.3. The predicted molar refractivity (Wildman–Crippen MR) is 102 cm³/mol. The first-order valence-corrected chi connectivity index (χ1v) is 9.32. The number of nitrogens with one attached hydrogen (secondary N) is 2. The number of carbonyl (C=O) groups is 1. The van der Waals surface area contributed by atoms with Crippen LogP contribution in [0.4, 0.5) is 0 Å². The second-order valence-electron chi connectivity index (χ2n) is 7.89. The van der Waals surface area contributed by atoms with Gasteiger partial charge in [-0.1, -0.05) is 27.5 Å². The van der Waals surface area contributed by atoms with Crippen LogP contribution in [-0.2, 0) is 4.79 Å². The van der Waals surface area contributed by atoms with Crippen molar-refractivity contribution in [2.45, 2.75) is 64.6 Å². The lowest BCUT2D eigenvalue weighted by Gasteiger charge is -2.46. The molecule has 1 saturated heterocycles. The van der Waals surface area contributed by atoms with Gasteiger partial charge >= 0.3 is 0 Å². The van der Waals surface area contributed by atoms with E-state index in [0.29, 0.717) is 10.8 Å². The average Bonchev–Trinajstić information content (AvgIpc) is 2.32. The first kappa shape index (κ1) is 19.5. The maximum absolute atomic E-state index is 12.3. The van der Waals surface area contributed by atoms with Gasteiger partial charge in [-0.25, -0.2) is 0 Å². The number of piperidine rings is 1. The van der Waals surface area contributed by atoms with Crippen LogP contribution < -0.4 is 15.4 Å². The van der Waals surface area contributed by atoms with Gasteiger partial charge in [-0.05, 0) is 65.2 Å². The highest BCUT2D eigenvalue weighted by atomic mass is 79.9. The maximum Gasteiger partial charge on any atom is 0.258 e. The standard InChI is InChI=1S/C18H26BrClN2O2/c1-11-6-12(19)7-14(20)16(11)24-10-15(23)21-13-8-17(2,3)22-18(4,5)9-13/h6-7,13,22H,8-10H2,1-5H3,(H,21,23). The molecule has 1 heterocycles. The lowest BCUT2D eigenvalue weighted by molar-refractivity contribution is -0.124. The summed E-state index contributed by atoms with van der Waals surface area (Å²) in [6, 6.07) is 3.81. The van der Waals surface area contributed by atoms with Crippen LogP contribution in [0.25, 0.3) is 0 Å². The highest BCUT2D eigenvalue weighted by molar-refractivity contribution is 9.10. The third-order valence-electron chi connectivity index (χ3n) is 4.10. The molecule has 134 valence electrons. The molecule has 0 spiro atoms. The van der Waals surface area contributed by atoms with Crippen LogP contribution in [-0.4, -0.2) is 29.6 Å². The van der Waals surface area contributed by atoms with Crippen LogP contribution in [0.2, 0.25) is 5.02 Å². The van der Waals surface area contributed by atoms with Crippen molar-refractivity contribution >= 4 is 33.4 Å². The number of carbonyl (C=O) groups excluding carboxylic acids is 1. The maximum atomic E-state index is 12.3. The zero-order valence-electron chi connectivity index (χ0n) is 14.9. The van der Waals surface area contributed by atoms with Crippen LogP contribution in [0.5, 0.6) is 5.75 Å². The van der Waals surface area contributed by atoms with Crippen molar-refractivity contribution in [1.82, 2.24) is 10.6 Å². The molecule has 1 aliphatic heterocycles. The molecule has 0 atom stereocenters. The quantitative estimate of drug-likeness (QED) is 0.771. The molecule has 0 aromatic heterocycles. The molecule has 1 aromatic rings. The number of amides is 1. The molecule has 24 heavy (non-hydrogen) atoms. The summed E-state index contributed by atoms with van der Waals surface area (Å²) in [5, 5.41) is 7.20. The average molecular weight is 418 g/mol. The van der Waals surface area contributed by atoms with Crippen LogP contribution in [0.15, 0.2) is 16.6 Å². The van der Waals surface area contributed by atoms with E-state index in [1.54, 1.807) is 6.07 Å². The van der Waals surface area contributed by atoms with Gasteiger partial charge in [0.05, 0.1) is 5.02 Å². The Kier molecular flexibility index (Phi) is 5.88. The number of benzene rings is 1. The Bertz CT molecular complexity index is 592. The largest absolute Gasteiger partial charge is 0.482 e. The number of aryl methyl sites for hydroxylation is 1. The number of ether oxygens (including phenoxy) is 1. The molecule has 1 fully saturated rings. The molecular formula is C18H26BrClN2O2. The summed E-state index contributed by atoms with van der Waals surface area (Å²) in [6.45, 7) is 10.5. The molecule has 0 radical (unpaired) electrons. The van der Waals surface area contributed by atoms with Crippen molar-refractivity contribution in [3.63, 3.8) is 0 Å². The lowest BCUT2D eigenvalue weighted by Crippen LogP contribution is -2.62. The summed E-state index contributed by atoms with van der Waals surface area (Å²) in [7, 11) is 0. The van der Waals surface area contributed by atoms with E-state index < -0.39 is 0 Å². The minimum absolute atomic E-state index is 0.00778. The highest BCUT2D eigenvalue weighted by Gasteiger charge is 2.38. The number of hydrogen-bond acceptors (Lipinski definition) is 3. The third-order valence-corrected chi connectivity index (χ3v) is 4.84. The molecule has 2 N–H and O–H groups in total. The molecule has 1 aromatic carbocycles. The van der Waals surface area contributed by atoms with Crippen molar-refractivity contribution < 1.29 is 9.53 Å². The van der Waals surface area contributed by atoms with Gasteiger partial charge in [-0.2, -0.15) is 0 Å². The minimum atomic E-state index is -0.119. The predicted octanol–water partition coefficient (Wildman–Crippen LogP) is 4.22. The molecule has 4 nitrogen and oxygen atoms in total. The van der Waals surface area contributed by atoms with Crippen molar-refractivity contribution in [2.24, 2.45) is 0 Å². The SMILES string of the molecule is Cc1cc(Br)cc(Cl)c1OCC(=O)NC1CC(C)(C)NC(C)(C)C1. The Balaban J connectivity index is 1.94. The van der Waals surface area contributed by atoms with E-state index in [1.807, 2.05) is 13.0 Å². The van der Waals surface area contributed by atoms with Gasteiger partial charge in [0.1, 0.15) is 5.75 Å². The summed E-state index contributed by atoms with van der Waals surface area (Å²) in [5.74, 6) is 0.438. The van der Waals surface area contributed by atoms with E-state index in [-0.39, 0.29) is 29.6 Å². The Morgan fingerprint density at radius 3 is 2.46 bits per heavy atom. The number of rotatable bonds is 4. The number of hydrogen-bond donors (Lipinski definition) is 2. The van der Waals surface area contributed by atoms with E-state index in [9.17, 15) is 4.79 Å². The summed E-state index contributed by atoms with van der Waals surface area (Å²) in [4.78, 5) is 12.3. The second-order valence-corrected chi connectivity index (χ2v) is 9.21. The highest BCUT2D eigenvalue weighted by Crippen LogP contribution is 2.32. The van der Waals surface area contributed by atoms with Gasteiger partial charge in [-0.15, -0.1) is 0 Å². The van der Waals surface area contributed by atoms with E-state index in [4.69, 9.17) is 16.3 Å². The first-order chi connectivity index (χ1) is 11.0. The van der Waals surface area contributed by atoms with Crippen LogP contribution in [0.3, 0.4) is 0 Å². The van der Waals surface area contributed by atoms with Gasteiger partial charge in [0.2, 0.25) is 0 Å². The fourth-order valence-corrected chi connectivity index (χ4v) is 4.73. The van der Waals surface area contributed by atoms with Gasteiger partial charge < -0.3 is 15.4 Å². The fraction of sp³-hybridized carbons (Fsp3) is 0.611. The van der Waals surface area contributed by atoms with Gasteiger partial charge in [0, 0.05) is 21.6 Å². The first-order valence-electron chi connectivity index (χ1n) is 8.15. The van der Waals surface area contributed by atoms with Crippen LogP contribution in [0, 0.1) is 6.92 Å². The summed E-state index contributed by atoms with van der Waals surface area (Å²) >= 11 is 9.58. The third kappa shape index (κ3) is 5.36. The van der Waals surface area contributed by atoms with Gasteiger partial charge in [0.15, 0.2) is 6.61 Å². The number of halogens is 2. The van der Waals surface area contributed by atoms with Crippen molar-refractivity contribution in [3.8, 4) is 5.75 Å². The topological polar surface area (TPSA) is 50.4 Å². The van der Waals surface area contributed by atoms with Gasteiger partial charge in [-0.3, -0.25) is 4.79 Å². The molecule has 2 rings (SSSR count). The zero-order chi connectivity index (χ0) is 18.1. The van der Waals surface area contributed by atoms with E-state index in [1.165, 1.54) is 0 Å². The second kappa shape index (κ2) is 7.22. The summed E-state index contributed by atoms with van der Waals surface area (Å²) < 4.78 is 6.54. The molecule has 0 unspecified atom stereocenters. The summed E-state index contributed by atoms with van der Waals surface area (Å²) in [5.41, 5.74) is 0.879. The summed E-state index contributed by atoms with van der Waals surface area (Å²) in [6.07, 6.45) is 1.78. The Hall–Kier alpha value is -0.780. The Morgan fingerprint density at radius 2 is 1.92 bits per heavy atom. The fourth-order valence-electron chi connectivity index (χ4n) is 3.70. The smallest absolute Gasteiger partial charge is 0.258 e. The van der Waals surface area contributed by atoms with Crippen LogP contribution in [0.1, 0.15) is 46.1 Å². The monoisotopic (exact) mass is 416 g/mol.